The normalized spacial score (nSPS) is 15.9. The molecule has 33 heavy (non-hydrogen) atoms. The van der Waals surface area contributed by atoms with Gasteiger partial charge in [-0.1, -0.05) is 58.8 Å². The maximum atomic E-state index is 13.5. The zero-order valence-electron chi connectivity index (χ0n) is 17.8. The molecule has 1 aliphatic heterocycles. The number of carbonyl (C=O) groups is 1. The number of phenolic OH excluding ortho intramolecular Hbond substituents is 1. The quantitative estimate of drug-likeness (QED) is 0.534. The molecule has 0 aliphatic carbocycles. The van der Waals surface area contributed by atoms with Gasteiger partial charge in [0.2, 0.25) is 0 Å². The van der Waals surface area contributed by atoms with E-state index in [0.29, 0.717) is 42.6 Å². The van der Waals surface area contributed by atoms with E-state index in [-0.39, 0.29) is 23.5 Å². The molecule has 0 spiro atoms. The number of carbonyl (C=O) groups excluding carboxylic acids is 1. The first-order valence-electron chi connectivity index (χ1n) is 10.2. The number of thiazole rings is 1. The summed E-state index contributed by atoms with van der Waals surface area (Å²) in [6.07, 6.45) is 2.03. The Labute approximate surface area is 203 Å². The van der Waals surface area contributed by atoms with Crippen molar-refractivity contribution in [3.8, 4) is 5.75 Å². The minimum atomic E-state index is -0.768. The van der Waals surface area contributed by atoms with Crippen molar-refractivity contribution in [2.24, 2.45) is 4.99 Å². The summed E-state index contributed by atoms with van der Waals surface area (Å²) in [5.74, 6) is -0.445. The van der Waals surface area contributed by atoms with Crippen molar-refractivity contribution in [2.75, 3.05) is 6.61 Å². The molecule has 0 radical (unpaired) electrons. The molecule has 3 aromatic rings. The summed E-state index contributed by atoms with van der Waals surface area (Å²) in [7, 11) is 0. The summed E-state index contributed by atoms with van der Waals surface area (Å²) in [5.41, 5.74) is 1.64. The molecule has 6 nitrogen and oxygen atoms in total. The average molecular weight is 503 g/mol. The zero-order valence-corrected chi connectivity index (χ0v) is 20.2. The molecule has 170 valence electrons. The van der Waals surface area contributed by atoms with Crippen molar-refractivity contribution in [2.45, 2.75) is 26.3 Å². The number of aromatic hydroxyl groups is 1. The van der Waals surface area contributed by atoms with E-state index in [9.17, 15) is 14.7 Å². The van der Waals surface area contributed by atoms with Gasteiger partial charge in [-0.15, -0.1) is 0 Å². The highest BCUT2D eigenvalue weighted by atomic mass is 35.5. The Morgan fingerprint density at radius 3 is 2.76 bits per heavy atom. The summed E-state index contributed by atoms with van der Waals surface area (Å²) in [6.45, 7) is 3.63. The van der Waals surface area contributed by atoms with Gasteiger partial charge < -0.3 is 9.84 Å². The van der Waals surface area contributed by atoms with E-state index >= 15 is 0 Å². The lowest BCUT2D eigenvalue weighted by atomic mass is 9.96. The van der Waals surface area contributed by atoms with E-state index in [1.165, 1.54) is 22.0 Å². The van der Waals surface area contributed by atoms with Crippen LogP contribution in [0.4, 0.5) is 0 Å². The fourth-order valence-corrected chi connectivity index (χ4v) is 5.19. The maximum Gasteiger partial charge on any atom is 0.338 e. The van der Waals surface area contributed by atoms with Crippen molar-refractivity contribution in [3.05, 3.63) is 94.6 Å². The highest BCUT2D eigenvalue weighted by Crippen LogP contribution is 2.34. The molecule has 4 rings (SSSR count). The van der Waals surface area contributed by atoms with E-state index in [1.807, 2.05) is 0 Å². The fourth-order valence-electron chi connectivity index (χ4n) is 3.74. The summed E-state index contributed by atoms with van der Waals surface area (Å²) >= 11 is 13.7. The predicted octanol–water partition coefficient (Wildman–Crippen LogP) is 4.01. The molecule has 0 bridgehead atoms. The third-order valence-corrected chi connectivity index (χ3v) is 6.88. The van der Waals surface area contributed by atoms with E-state index in [4.69, 9.17) is 27.9 Å². The van der Waals surface area contributed by atoms with Gasteiger partial charge in [0.15, 0.2) is 4.80 Å². The number of hydrogen-bond acceptors (Lipinski definition) is 6. The maximum absolute atomic E-state index is 13.5. The van der Waals surface area contributed by atoms with Gasteiger partial charge in [-0.05, 0) is 55.7 Å². The molecule has 1 atom stereocenters. The minimum Gasteiger partial charge on any atom is -0.508 e. The van der Waals surface area contributed by atoms with Crippen LogP contribution in [-0.4, -0.2) is 22.2 Å². The first-order valence-corrected chi connectivity index (χ1v) is 11.8. The van der Waals surface area contributed by atoms with Gasteiger partial charge in [0.25, 0.3) is 5.56 Å². The molecule has 1 unspecified atom stereocenters. The smallest absolute Gasteiger partial charge is 0.338 e. The monoisotopic (exact) mass is 502 g/mol. The van der Waals surface area contributed by atoms with Crippen molar-refractivity contribution < 1.29 is 14.6 Å². The molecule has 1 aliphatic rings. The number of benzene rings is 2. The summed E-state index contributed by atoms with van der Waals surface area (Å²) in [6, 6.07) is 11.1. The van der Waals surface area contributed by atoms with Crippen LogP contribution in [0.1, 0.15) is 31.0 Å². The number of ether oxygens (including phenoxy) is 1. The highest BCUT2D eigenvalue weighted by Gasteiger charge is 2.34. The predicted molar refractivity (Wildman–Crippen MR) is 130 cm³/mol. The number of phenols is 1. The molecular weight excluding hydrogens is 483 g/mol. The third-order valence-electron chi connectivity index (χ3n) is 5.27. The number of aromatic nitrogens is 1. The molecule has 2 aromatic carbocycles. The standard InChI is InChI=1S/C24H20Cl2N2O4S/c1-3-32-23(31)20-13(2)27-24-28(21(20)16-6-4-5-7-17(16)26)22(30)19(33-24)11-8-14-12-15(25)9-10-18(14)29/h4-7,9-12,21,29H,3,8H2,1-2H3. The zero-order chi connectivity index (χ0) is 23.7. The topological polar surface area (TPSA) is 80.9 Å². The van der Waals surface area contributed by atoms with Crippen molar-refractivity contribution >= 4 is 46.6 Å². The lowest BCUT2D eigenvalue weighted by Gasteiger charge is -2.25. The second-order valence-corrected chi connectivity index (χ2v) is 9.21. The number of halogens is 2. The van der Waals surface area contributed by atoms with Gasteiger partial charge >= 0.3 is 5.97 Å². The highest BCUT2D eigenvalue weighted by molar-refractivity contribution is 7.07. The average Bonchev–Trinajstić information content (AvgIpc) is 3.09. The Kier molecular flexibility index (Phi) is 6.74. The SMILES string of the molecule is CCOC(=O)C1=C(C)N=c2sc(=CCc3cc(Cl)ccc3O)c(=O)n2C1c1ccccc1Cl. The number of esters is 1. The number of nitrogens with zero attached hydrogens (tertiary/aromatic N) is 2. The number of rotatable bonds is 5. The lowest BCUT2D eigenvalue weighted by Crippen LogP contribution is -2.40. The Balaban J connectivity index is 1.89. The van der Waals surface area contributed by atoms with Crippen LogP contribution >= 0.6 is 34.5 Å². The Hall–Kier alpha value is -2.87. The van der Waals surface area contributed by atoms with E-state index in [1.54, 1.807) is 56.3 Å². The van der Waals surface area contributed by atoms with Gasteiger partial charge in [-0.25, -0.2) is 9.79 Å². The van der Waals surface area contributed by atoms with Crippen molar-refractivity contribution in [1.82, 2.24) is 4.57 Å². The van der Waals surface area contributed by atoms with E-state index in [0.717, 1.165) is 0 Å². The van der Waals surface area contributed by atoms with Gasteiger partial charge in [0, 0.05) is 10.0 Å². The Morgan fingerprint density at radius 2 is 2.03 bits per heavy atom. The largest absolute Gasteiger partial charge is 0.508 e. The summed E-state index contributed by atoms with van der Waals surface area (Å²) in [5, 5.41) is 11.0. The second-order valence-electron chi connectivity index (χ2n) is 7.36. The second kappa shape index (κ2) is 9.55. The first-order chi connectivity index (χ1) is 15.8. The molecule has 0 amide bonds. The minimum absolute atomic E-state index is 0.0952. The van der Waals surface area contributed by atoms with Crippen LogP contribution in [0.15, 0.2) is 63.5 Å². The van der Waals surface area contributed by atoms with Crippen molar-refractivity contribution in [1.29, 1.82) is 0 Å². The third kappa shape index (κ3) is 4.49. The van der Waals surface area contributed by atoms with Crippen LogP contribution in [0.5, 0.6) is 5.75 Å². The first kappa shape index (κ1) is 23.3. The molecule has 0 saturated heterocycles. The molecular formula is C24H20Cl2N2O4S. The molecule has 2 heterocycles. The van der Waals surface area contributed by atoms with Gasteiger partial charge in [0.1, 0.15) is 11.8 Å². The Bertz CT molecular complexity index is 1460. The number of hydrogen-bond donors (Lipinski definition) is 1. The molecule has 0 saturated carbocycles. The number of allylic oxidation sites excluding steroid dienone is 1. The van der Waals surface area contributed by atoms with E-state index in [2.05, 4.69) is 4.99 Å². The fraction of sp³-hybridized carbons (Fsp3) is 0.208. The number of fused-ring (bicyclic) bond motifs is 1. The van der Waals surface area contributed by atoms with Gasteiger partial charge in [-0.2, -0.15) is 0 Å². The van der Waals surface area contributed by atoms with Crippen LogP contribution in [-0.2, 0) is 16.0 Å². The van der Waals surface area contributed by atoms with Crippen LogP contribution < -0.4 is 14.9 Å². The van der Waals surface area contributed by atoms with Gasteiger partial charge in [0.05, 0.1) is 22.4 Å². The van der Waals surface area contributed by atoms with Crippen LogP contribution in [0.3, 0.4) is 0 Å². The molecule has 0 fully saturated rings. The lowest BCUT2D eigenvalue weighted by molar-refractivity contribution is -0.139. The van der Waals surface area contributed by atoms with E-state index < -0.39 is 12.0 Å². The van der Waals surface area contributed by atoms with Gasteiger partial charge in [-0.3, -0.25) is 9.36 Å². The van der Waals surface area contributed by atoms with Crippen LogP contribution in [0.25, 0.3) is 6.08 Å². The molecule has 9 heteroatoms. The molecule has 1 N–H and O–H groups in total. The Morgan fingerprint density at radius 1 is 1.27 bits per heavy atom. The molecule has 1 aromatic heterocycles. The summed E-state index contributed by atoms with van der Waals surface area (Å²) in [4.78, 5) is 31.3. The summed E-state index contributed by atoms with van der Waals surface area (Å²) < 4.78 is 7.19. The van der Waals surface area contributed by atoms with Crippen LogP contribution in [0.2, 0.25) is 10.0 Å². The van der Waals surface area contributed by atoms with Crippen LogP contribution in [0, 0.1) is 0 Å². The van der Waals surface area contributed by atoms with Crippen molar-refractivity contribution in [3.63, 3.8) is 0 Å².